The Hall–Kier alpha value is -2.91. The maximum absolute atomic E-state index is 13.1. The second kappa shape index (κ2) is 10.6. The van der Waals surface area contributed by atoms with Crippen LogP contribution < -0.4 is 14.4 Å². The van der Waals surface area contributed by atoms with E-state index in [-0.39, 0.29) is 24.1 Å². The molecule has 4 rings (SSSR count). The topological polar surface area (TPSA) is 83.6 Å². The van der Waals surface area contributed by atoms with Gasteiger partial charge in [0.1, 0.15) is 5.82 Å². The number of ether oxygens (including phenoxy) is 2. The lowest BCUT2D eigenvalue weighted by atomic mass is 9.99. The molecule has 1 aromatic heterocycles. The van der Waals surface area contributed by atoms with Crippen LogP contribution >= 0.6 is 0 Å². The van der Waals surface area contributed by atoms with Gasteiger partial charge in [-0.3, -0.25) is 9.89 Å². The summed E-state index contributed by atoms with van der Waals surface area (Å²) in [7, 11) is 0. The molecule has 1 aliphatic carbocycles. The number of nitrogens with one attached hydrogen (secondary N) is 1. The predicted octanol–water partition coefficient (Wildman–Crippen LogP) is 3.81. The molecule has 0 spiro atoms. The Morgan fingerprint density at radius 3 is 2.68 bits per heavy atom. The van der Waals surface area contributed by atoms with Crippen molar-refractivity contribution in [1.82, 2.24) is 20.1 Å². The van der Waals surface area contributed by atoms with Crippen LogP contribution in [0.1, 0.15) is 44.8 Å². The zero-order valence-corrected chi connectivity index (χ0v) is 20.0. The van der Waals surface area contributed by atoms with Crippen molar-refractivity contribution in [3.8, 4) is 11.5 Å². The summed E-state index contributed by atoms with van der Waals surface area (Å²) in [6.07, 6.45) is 3.22. The lowest BCUT2D eigenvalue weighted by Gasteiger charge is -2.43. The number of halogens is 2. The molecule has 1 amide bonds. The number of hydrogen-bond acceptors (Lipinski definition) is 6. The van der Waals surface area contributed by atoms with Crippen molar-refractivity contribution in [2.75, 3.05) is 31.1 Å². The van der Waals surface area contributed by atoms with Gasteiger partial charge in [0.05, 0.1) is 13.0 Å². The Balaban J connectivity index is 1.48. The summed E-state index contributed by atoms with van der Waals surface area (Å²) in [6.45, 7) is 5.52. The zero-order chi connectivity index (χ0) is 24.2. The highest BCUT2D eigenvalue weighted by Gasteiger charge is 2.32. The van der Waals surface area contributed by atoms with Crippen LogP contribution in [0.15, 0.2) is 18.2 Å². The first-order valence-electron chi connectivity index (χ1n) is 11.9. The van der Waals surface area contributed by atoms with Gasteiger partial charge < -0.3 is 19.3 Å². The fourth-order valence-electron chi connectivity index (χ4n) is 4.36. The fraction of sp³-hybridized carbons (Fsp3) is 0.625. The third-order valence-corrected chi connectivity index (χ3v) is 6.18. The number of carbonyl (C=O) groups is 1. The molecular weight excluding hydrogens is 444 g/mol. The summed E-state index contributed by atoms with van der Waals surface area (Å²) >= 11 is 0. The maximum atomic E-state index is 13.1. The smallest absolute Gasteiger partial charge is 0.387 e. The Morgan fingerprint density at radius 1 is 1.24 bits per heavy atom. The van der Waals surface area contributed by atoms with Crippen molar-refractivity contribution in [3.05, 3.63) is 29.8 Å². The highest BCUT2D eigenvalue weighted by molar-refractivity contribution is 5.78. The summed E-state index contributed by atoms with van der Waals surface area (Å²) in [5.41, 5.74) is 0.873. The summed E-state index contributed by atoms with van der Waals surface area (Å²) in [5.74, 6) is 2.48. The number of H-pyrrole nitrogens is 1. The number of nitrogens with zero attached hydrogens (tertiary/aromatic N) is 4. The van der Waals surface area contributed by atoms with Gasteiger partial charge in [-0.25, -0.2) is 4.98 Å². The summed E-state index contributed by atoms with van der Waals surface area (Å²) in [4.78, 5) is 21.5. The molecule has 0 bridgehead atoms. The first kappa shape index (κ1) is 24.2. The molecule has 1 saturated heterocycles. The minimum absolute atomic E-state index is 0.0124. The first-order valence-corrected chi connectivity index (χ1v) is 11.9. The van der Waals surface area contributed by atoms with E-state index >= 15 is 0 Å². The normalized spacial score (nSPS) is 18.6. The maximum Gasteiger partial charge on any atom is 0.387 e. The van der Waals surface area contributed by atoms with Crippen LogP contribution in [0.4, 0.5) is 14.5 Å². The van der Waals surface area contributed by atoms with Gasteiger partial charge in [0, 0.05) is 37.4 Å². The first-order chi connectivity index (χ1) is 16.3. The number of piperazine rings is 1. The van der Waals surface area contributed by atoms with Gasteiger partial charge in [-0.2, -0.15) is 13.9 Å². The molecule has 186 valence electrons. The molecule has 2 fully saturated rings. The Bertz CT molecular complexity index is 979. The Morgan fingerprint density at radius 2 is 2.03 bits per heavy atom. The quantitative estimate of drug-likeness (QED) is 0.560. The third kappa shape index (κ3) is 6.36. The Labute approximate surface area is 198 Å². The second-order valence-corrected chi connectivity index (χ2v) is 9.59. The van der Waals surface area contributed by atoms with Crippen molar-refractivity contribution in [1.29, 1.82) is 0 Å². The molecule has 1 atom stereocenters. The van der Waals surface area contributed by atoms with Crippen LogP contribution in [-0.2, 0) is 11.2 Å². The van der Waals surface area contributed by atoms with Crippen LogP contribution in [0.5, 0.6) is 11.5 Å². The van der Waals surface area contributed by atoms with Gasteiger partial charge >= 0.3 is 6.61 Å². The van der Waals surface area contributed by atoms with Gasteiger partial charge in [0.25, 0.3) is 0 Å². The molecule has 8 nitrogen and oxygen atoms in total. The molecule has 2 aliphatic rings. The van der Waals surface area contributed by atoms with Crippen molar-refractivity contribution in [2.45, 2.75) is 59.1 Å². The molecule has 0 radical (unpaired) electrons. The molecular formula is C24H33F2N5O3. The number of anilines is 1. The van der Waals surface area contributed by atoms with E-state index in [1.54, 1.807) is 18.2 Å². The van der Waals surface area contributed by atoms with Crippen LogP contribution in [0, 0.1) is 18.8 Å². The van der Waals surface area contributed by atoms with Gasteiger partial charge in [-0.05, 0) is 50.2 Å². The van der Waals surface area contributed by atoms with Gasteiger partial charge in [0.2, 0.25) is 5.91 Å². The van der Waals surface area contributed by atoms with Crippen molar-refractivity contribution < 1.29 is 23.0 Å². The molecule has 1 aliphatic heterocycles. The van der Waals surface area contributed by atoms with E-state index in [0.29, 0.717) is 55.5 Å². The van der Waals surface area contributed by atoms with E-state index in [4.69, 9.17) is 4.74 Å². The molecule has 10 heteroatoms. The minimum atomic E-state index is -2.91. The van der Waals surface area contributed by atoms with Crippen molar-refractivity contribution in [2.24, 2.45) is 11.8 Å². The lowest BCUT2D eigenvalue weighted by molar-refractivity contribution is -0.133. The van der Waals surface area contributed by atoms with Crippen LogP contribution in [0.25, 0.3) is 0 Å². The third-order valence-electron chi connectivity index (χ3n) is 6.18. The number of amides is 1. The van der Waals surface area contributed by atoms with Gasteiger partial charge in [-0.15, -0.1) is 0 Å². The molecule has 2 aromatic rings. The fourth-order valence-corrected chi connectivity index (χ4v) is 4.36. The number of aromatic nitrogens is 3. The number of carbonyl (C=O) groups excluding carboxylic acids is 1. The monoisotopic (exact) mass is 477 g/mol. The van der Waals surface area contributed by atoms with Gasteiger partial charge in [0.15, 0.2) is 17.3 Å². The molecule has 34 heavy (non-hydrogen) atoms. The summed E-state index contributed by atoms with van der Waals surface area (Å²) in [6, 6.07) is 5.13. The van der Waals surface area contributed by atoms with E-state index in [2.05, 4.69) is 38.7 Å². The van der Waals surface area contributed by atoms with E-state index in [9.17, 15) is 13.6 Å². The van der Waals surface area contributed by atoms with Crippen molar-refractivity contribution >= 4 is 11.6 Å². The molecule has 1 saturated carbocycles. The largest absolute Gasteiger partial charge is 0.489 e. The number of hydrogen-bond donors (Lipinski definition) is 1. The average molecular weight is 478 g/mol. The van der Waals surface area contributed by atoms with E-state index in [1.165, 1.54) is 0 Å². The number of aryl methyl sites for hydroxylation is 1. The second-order valence-electron chi connectivity index (χ2n) is 9.59. The number of rotatable bonds is 10. The van der Waals surface area contributed by atoms with Crippen LogP contribution in [-0.4, -0.2) is 64.9 Å². The summed E-state index contributed by atoms with van der Waals surface area (Å²) < 4.78 is 36.3. The summed E-state index contributed by atoms with van der Waals surface area (Å²) in [5, 5.41) is 6.88. The van der Waals surface area contributed by atoms with Crippen LogP contribution in [0.3, 0.4) is 0 Å². The lowest BCUT2D eigenvalue weighted by Crippen LogP contribution is -2.56. The van der Waals surface area contributed by atoms with Crippen LogP contribution in [0.2, 0.25) is 0 Å². The Kier molecular flexibility index (Phi) is 7.53. The highest BCUT2D eigenvalue weighted by Crippen LogP contribution is 2.37. The number of alkyl halides is 2. The molecule has 1 N–H and O–H groups in total. The van der Waals surface area contributed by atoms with Crippen molar-refractivity contribution in [3.63, 3.8) is 0 Å². The average Bonchev–Trinajstić information content (AvgIpc) is 3.52. The minimum Gasteiger partial charge on any atom is -0.489 e. The number of benzene rings is 1. The van der Waals surface area contributed by atoms with Gasteiger partial charge in [-0.1, -0.05) is 13.8 Å². The highest BCUT2D eigenvalue weighted by atomic mass is 19.3. The predicted molar refractivity (Wildman–Crippen MR) is 123 cm³/mol. The molecule has 1 unspecified atom stereocenters. The SMILES string of the molecule is Cc1nc(CC(=O)N2CCN(c3ccc(OC(F)F)c(OCC4CC4)c3)CC2CC(C)C)n[nH]1. The zero-order valence-electron chi connectivity index (χ0n) is 20.0. The van der Waals surface area contributed by atoms with E-state index in [1.807, 2.05) is 11.8 Å². The molecule has 2 heterocycles. The molecule has 1 aromatic carbocycles. The number of aromatic amines is 1. The van der Waals surface area contributed by atoms with E-state index < -0.39 is 6.61 Å². The standard InChI is InChI=1S/C24H33F2N5O3/c1-15(2)10-19-13-30(8-9-31(19)23(32)12-22-27-16(3)28-29-22)18-6-7-20(34-24(25)26)21(11-18)33-14-17-4-5-17/h6-7,11,15,17,19,24H,4-5,8-10,12-14H2,1-3H3,(H,27,28,29). The van der Waals surface area contributed by atoms with E-state index in [0.717, 1.165) is 24.9 Å².